The van der Waals surface area contributed by atoms with Crippen molar-refractivity contribution in [2.45, 2.75) is 33.1 Å². The highest BCUT2D eigenvalue weighted by Gasteiger charge is 2.02. The van der Waals surface area contributed by atoms with Crippen LogP contribution in [-0.4, -0.2) is 11.8 Å². The predicted octanol–water partition coefficient (Wildman–Crippen LogP) is 0.839. The fourth-order valence-corrected chi connectivity index (χ4v) is 0.533. The first-order chi connectivity index (χ1) is 4.70. The zero-order chi connectivity index (χ0) is 7.98. The van der Waals surface area contributed by atoms with Gasteiger partial charge in [-0.25, -0.2) is 0 Å². The smallest absolute Gasteiger partial charge is 0.226 e. The molecule has 0 aromatic rings. The zero-order valence-corrected chi connectivity index (χ0v) is 6.44. The van der Waals surface area contributed by atoms with Gasteiger partial charge < -0.3 is 0 Å². The standard InChI is InChI=1S/C7H13NO2/c1-3-5-7(10)8-6(9)4-2/h3-5H2,1-2H3,(H,8,9,10). The Morgan fingerprint density at radius 3 is 2.20 bits per heavy atom. The number of hydrogen-bond acceptors (Lipinski definition) is 2. The maximum Gasteiger partial charge on any atom is 0.226 e. The Labute approximate surface area is 60.8 Å². The molecule has 0 rings (SSSR count). The zero-order valence-electron chi connectivity index (χ0n) is 6.44. The molecule has 0 heterocycles. The van der Waals surface area contributed by atoms with Crippen molar-refractivity contribution in [3.63, 3.8) is 0 Å². The second-order valence-corrected chi connectivity index (χ2v) is 2.07. The van der Waals surface area contributed by atoms with Crippen LogP contribution < -0.4 is 5.32 Å². The van der Waals surface area contributed by atoms with Gasteiger partial charge in [-0.3, -0.25) is 14.9 Å². The van der Waals surface area contributed by atoms with Crippen molar-refractivity contribution in [1.82, 2.24) is 5.32 Å². The number of carbonyl (C=O) groups is 2. The Bertz CT molecular complexity index is 132. The third kappa shape index (κ3) is 4.06. The first kappa shape index (κ1) is 9.14. The molecule has 1 N–H and O–H groups in total. The van der Waals surface area contributed by atoms with Crippen LogP contribution in [0.2, 0.25) is 0 Å². The Kier molecular flexibility index (Phi) is 4.54. The van der Waals surface area contributed by atoms with Gasteiger partial charge >= 0.3 is 0 Å². The molecule has 0 aliphatic rings. The van der Waals surface area contributed by atoms with E-state index in [9.17, 15) is 9.59 Å². The molecule has 0 bridgehead atoms. The lowest BCUT2D eigenvalue weighted by Crippen LogP contribution is -2.29. The van der Waals surface area contributed by atoms with Crippen LogP contribution in [0.15, 0.2) is 0 Å². The van der Waals surface area contributed by atoms with E-state index in [0.717, 1.165) is 6.42 Å². The number of nitrogens with one attached hydrogen (secondary N) is 1. The topological polar surface area (TPSA) is 46.2 Å². The summed E-state index contributed by atoms with van der Waals surface area (Å²) < 4.78 is 0. The van der Waals surface area contributed by atoms with E-state index in [2.05, 4.69) is 5.32 Å². The Morgan fingerprint density at radius 2 is 1.80 bits per heavy atom. The Hall–Kier alpha value is -0.860. The predicted molar refractivity (Wildman–Crippen MR) is 38.3 cm³/mol. The van der Waals surface area contributed by atoms with Gasteiger partial charge in [0.15, 0.2) is 0 Å². The van der Waals surface area contributed by atoms with E-state index in [1.807, 2.05) is 6.92 Å². The van der Waals surface area contributed by atoms with Crippen LogP contribution in [0.25, 0.3) is 0 Å². The summed E-state index contributed by atoms with van der Waals surface area (Å²) in [5, 5.41) is 2.25. The molecule has 0 aliphatic heterocycles. The van der Waals surface area contributed by atoms with Gasteiger partial charge in [-0.1, -0.05) is 13.8 Å². The molecular weight excluding hydrogens is 130 g/mol. The van der Waals surface area contributed by atoms with E-state index in [4.69, 9.17) is 0 Å². The van der Waals surface area contributed by atoms with E-state index in [0.29, 0.717) is 12.8 Å². The van der Waals surface area contributed by atoms with E-state index in [1.165, 1.54) is 0 Å². The molecule has 0 aromatic heterocycles. The van der Waals surface area contributed by atoms with E-state index < -0.39 is 0 Å². The largest absolute Gasteiger partial charge is 0.296 e. The summed E-state index contributed by atoms with van der Waals surface area (Å²) in [4.78, 5) is 21.2. The highest BCUT2D eigenvalue weighted by molar-refractivity contribution is 5.94. The van der Waals surface area contributed by atoms with Crippen LogP contribution >= 0.6 is 0 Å². The normalized spacial score (nSPS) is 9.00. The average molecular weight is 143 g/mol. The maximum atomic E-state index is 10.7. The molecule has 0 saturated heterocycles. The molecule has 0 spiro atoms. The van der Waals surface area contributed by atoms with Gasteiger partial charge in [0.2, 0.25) is 11.8 Å². The highest BCUT2D eigenvalue weighted by Crippen LogP contribution is 1.86. The van der Waals surface area contributed by atoms with E-state index in [-0.39, 0.29) is 11.8 Å². The molecular formula is C7H13NO2. The van der Waals surface area contributed by atoms with Crippen molar-refractivity contribution in [1.29, 1.82) is 0 Å². The number of rotatable bonds is 3. The summed E-state index contributed by atoms with van der Waals surface area (Å²) in [6.07, 6.45) is 1.59. The second kappa shape index (κ2) is 4.97. The van der Waals surface area contributed by atoms with E-state index >= 15 is 0 Å². The van der Waals surface area contributed by atoms with Crippen molar-refractivity contribution in [3.8, 4) is 0 Å². The molecule has 0 radical (unpaired) electrons. The molecule has 0 atom stereocenters. The van der Waals surface area contributed by atoms with Gasteiger partial charge in [0.1, 0.15) is 0 Å². The molecule has 0 aliphatic carbocycles. The molecule has 10 heavy (non-hydrogen) atoms. The van der Waals surface area contributed by atoms with Gasteiger partial charge in [0.05, 0.1) is 0 Å². The van der Waals surface area contributed by atoms with Crippen LogP contribution in [0.3, 0.4) is 0 Å². The molecule has 2 amide bonds. The second-order valence-electron chi connectivity index (χ2n) is 2.07. The van der Waals surface area contributed by atoms with Crippen molar-refractivity contribution in [2.24, 2.45) is 0 Å². The summed E-state index contributed by atoms with van der Waals surface area (Å²) in [5.41, 5.74) is 0. The molecule has 0 fully saturated rings. The van der Waals surface area contributed by atoms with Crippen molar-refractivity contribution >= 4 is 11.8 Å². The minimum Gasteiger partial charge on any atom is -0.296 e. The number of imide groups is 1. The van der Waals surface area contributed by atoms with Gasteiger partial charge in [-0.15, -0.1) is 0 Å². The fraction of sp³-hybridized carbons (Fsp3) is 0.714. The molecule has 3 heteroatoms. The summed E-state index contributed by atoms with van der Waals surface area (Å²) >= 11 is 0. The molecule has 58 valence electrons. The monoisotopic (exact) mass is 143 g/mol. The van der Waals surface area contributed by atoms with E-state index in [1.54, 1.807) is 6.92 Å². The molecule has 0 unspecified atom stereocenters. The van der Waals surface area contributed by atoms with Crippen LogP contribution in [0, 0.1) is 0 Å². The minimum absolute atomic E-state index is 0.172. The third-order valence-electron chi connectivity index (χ3n) is 1.08. The number of amides is 2. The number of carbonyl (C=O) groups excluding carboxylic acids is 2. The van der Waals surface area contributed by atoms with Crippen molar-refractivity contribution in [3.05, 3.63) is 0 Å². The van der Waals surface area contributed by atoms with Crippen molar-refractivity contribution < 1.29 is 9.59 Å². The van der Waals surface area contributed by atoms with Crippen LogP contribution in [0.4, 0.5) is 0 Å². The average Bonchev–Trinajstić information content (AvgIpc) is 1.88. The minimum atomic E-state index is -0.196. The van der Waals surface area contributed by atoms with Gasteiger partial charge in [-0.05, 0) is 6.42 Å². The number of hydrogen-bond donors (Lipinski definition) is 1. The van der Waals surface area contributed by atoms with Gasteiger partial charge in [-0.2, -0.15) is 0 Å². The summed E-state index contributed by atoms with van der Waals surface area (Å²) in [6.45, 7) is 3.62. The first-order valence-corrected chi connectivity index (χ1v) is 3.53. The van der Waals surface area contributed by atoms with Gasteiger partial charge in [0.25, 0.3) is 0 Å². The van der Waals surface area contributed by atoms with Crippen LogP contribution in [0.1, 0.15) is 33.1 Å². The molecule has 0 saturated carbocycles. The Morgan fingerprint density at radius 1 is 1.20 bits per heavy atom. The maximum absolute atomic E-state index is 10.7. The summed E-state index contributed by atoms with van der Waals surface area (Å²) in [6, 6.07) is 0. The molecule has 0 aromatic carbocycles. The lowest BCUT2D eigenvalue weighted by molar-refractivity contribution is -0.130. The van der Waals surface area contributed by atoms with Crippen LogP contribution in [0.5, 0.6) is 0 Å². The first-order valence-electron chi connectivity index (χ1n) is 3.53. The van der Waals surface area contributed by atoms with Crippen molar-refractivity contribution in [2.75, 3.05) is 0 Å². The summed E-state index contributed by atoms with van der Waals surface area (Å²) in [7, 11) is 0. The third-order valence-corrected chi connectivity index (χ3v) is 1.08. The Balaban J connectivity index is 3.47. The molecule has 3 nitrogen and oxygen atoms in total. The van der Waals surface area contributed by atoms with Crippen LogP contribution in [-0.2, 0) is 9.59 Å². The highest BCUT2D eigenvalue weighted by atomic mass is 16.2. The summed E-state index contributed by atoms with van der Waals surface area (Å²) in [5.74, 6) is -0.368. The lowest BCUT2D eigenvalue weighted by Gasteiger charge is -1.98. The van der Waals surface area contributed by atoms with Gasteiger partial charge in [0, 0.05) is 12.8 Å². The lowest BCUT2D eigenvalue weighted by atomic mass is 10.3. The SMILES string of the molecule is CCCC(=O)NC(=O)CC. The fourth-order valence-electron chi connectivity index (χ4n) is 0.533. The quantitative estimate of drug-likeness (QED) is 0.636.